The lowest BCUT2D eigenvalue weighted by molar-refractivity contribution is 0.585. The average Bonchev–Trinajstić information content (AvgIpc) is 2.33. The molecule has 0 saturated carbocycles. The summed E-state index contributed by atoms with van der Waals surface area (Å²) in [5, 5.41) is 3.12. The van der Waals surface area contributed by atoms with Gasteiger partial charge in [0.05, 0.1) is 0 Å². The van der Waals surface area contributed by atoms with Gasteiger partial charge in [0.25, 0.3) is 0 Å². The molecule has 4 heteroatoms. The molecule has 0 spiro atoms. The normalized spacial score (nSPS) is 10.2. The van der Waals surface area contributed by atoms with Crippen LogP contribution in [0.4, 0.5) is 8.78 Å². The Morgan fingerprint density at radius 1 is 1.00 bits per heavy atom. The molecule has 0 aromatic heterocycles. The van der Waals surface area contributed by atoms with Crippen molar-refractivity contribution in [2.75, 3.05) is 7.05 Å². The maximum Gasteiger partial charge on any atom is 0.133 e. The summed E-state index contributed by atoms with van der Waals surface area (Å²) in [5.74, 6) is -1.08. The highest BCUT2D eigenvalue weighted by atomic mass is 35.5. The Kier molecular flexibility index (Phi) is 5.66. The fraction of sp³-hybridized carbons (Fsp3) is 0.250. The van der Waals surface area contributed by atoms with Gasteiger partial charge in [0.15, 0.2) is 0 Å². The van der Waals surface area contributed by atoms with E-state index in [9.17, 15) is 8.78 Å². The Bertz CT molecular complexity index is 588. The maximum absolute atomic E-state index is 13.8. The number of benzene rings is 2. The Morgan fingerprint density at radius 2 is 1.60 bits per heavy atom. The van der Waals surface area contributed by atoms with E-state index in [1.165, 1.54) is 17.7 Å². The topological polar surface area (TPSA) is 12.0 Å². The van der Waals surface area contributed by atoms with Crippen LogP contribution in [0.5, 0.6) is 0 Å². The minimum absolute atomic E-state index is 0. The molecule has 0 fully saturated rings. The molecule has 0 amide bonds. The van der Waals surface area contributed by atoms with Gasteiger partial charge in [-0.25, -0.2) is 8.78 Å². The van der Waals surface area contributed by atoms with Gasteiger partial charge in [-0.05, 0) is 55.3 Å². The maximum atomic E-state index is 13.8. The second kappa shape index (κ2) is 6.82. The molecule has 20 heavy (non-hydrogen) atoms. The summed E-state index contributed by atoms with van der Waals surface area (Å²) in [6, 6.07) is 7.56. The predicted molar refractivity (Wildman–Crippen MR) is 81.3 cm³/mol. The van der Waals surface area contributed by atoms with Crippen molar-refractivity contribution in [2.24, 2.45) is 0 Å². The van der Waals surface area contributed by atoms with Gasteiger partial charge in [-0.2, -0.15) is 0 Å². The van der Waals surface area contributed by atoms with Crippen LogP contribution in [0, 0.1) is 25.5 Å². The molecule has 108 valence electrons. The first kappa shape index (κ1) is 16.6. The molecule has 0 aliphatic heterocycles. The molecule has 0 saturated heterocycles. The zero-order valence-corrected chi connectivity index (χ0v) is 12.6. The van der Waals surface area contributed by atoms with Crippen LogP contribution in [0.3, 0.4) is 0 Å². The van der Waals surface area contributed by atoms with Gasteiger partial charge in [0.2, 0.25) is 0 Å². The van der Waals surface area contributed by atoms with E-state index in [2.05, 4.69) is 5.32 Å². The van der Waals surface area contributed by atoms with Crippen LogP contribution in [0.1, 0.15) is 16.7 Å². The van der Waals surface area contributed by atoms with Crippen LogP contribution in [-0.4, -0.2) is 7.05 Å². The number of rotatable bonds is 3. The third kappa shape index (κ3) is 3.35. The minimum Gasteiger partial charge on any atom is -0.316 e. The number of hydrogen-bond donors (Lipinski definition) is 1. The van der Waals surface area contributed by atoms with E-state index >= 15 is 0 Å². The Balaban J connectivity index is 0.00000200. The molecule has 0 heterocycles. The first-order chi connectivity index (χ1) is 9.02. The van der Waals surface area contributed by atoms with Crippen molar-refractivity contribution in [3.63, 3.8) is 0 Å². The summed E-state index contributed by atoms with van der Waals surface area (Å²) in [6.45, 7) is 4.79. The fourth-order valence-electron chi connectivity index (χ4n) is 2.33. The Hall–Kier alpha value is -1.45. The largest absolute Gasteiger partial charge is 0.316 e. The first-order valence-corrected chi connectivity index (χ1v) is 6.23. The van der Waals surface area contributed by atoms with Crippen LogP contribution in [-0.2, 0) is 6.54 Å². The third-order valence-corrected chi connectivity index (χ3v) is 3.29. The van der Waals surface area contributed by atoms with Gasteiger partial charge in [-0.15, -0.1) is 12.4 Å². The van der Waals surface area contributed by atoms with Crippen molar-refractivity contribution in [2.45, 2.75) is 20.4 Å². The molecule has 0 atom stereocenters. The zero-order valence-electron chi connectivity index (χ0n) is 11.8. The zero-order chi connectivity index (χ0) is 14.0. The van der Waals surface area contributed by atoms with Crippen LogP contribution >= 0.6 is 12.4 Å². The van der Waals surface area contributed by atoms with Crippen LogP contribution < -0.4 is 5.32 Å². The molecule has 1 N–H and O–H groups in total. The van der Waals surface area contributed by atoms with E-state index < -0.39 is 11.6 Å². The van der Waals surface area contributed by atoms with E-state index in [4.69, 9.17) is 0 Å². The lowest BCUT2D eigenvalue weighted by atomic mass is 9.95. The molecule has 2 aromatic rings. The smallest absolute Gasteiger partial charge is 0.133 e. The monoisotopic (exact) mass is 297 g/mol. The highest BCUT2D eigenvalue weighted by molar-refractivity contribution is 5.85. The van der Waals surface area contributed by atoms with Gasteiger partial charge < -0.3 is 5.32 Å². The van der Waals surface area contributed by atoms with Crippen molar-refractivity contribution in [1.82, 2.24) is 5.32 Å². The van der Waals surface area contributed by atoms with E-state index in [0.717, 1.165) is 29.3 Å². The van der Waals surface area contributed by atoms with E-state index in [1.807, 2.05) is 33.0 Å². The molecule has 1 nitrogen and oxygen atoms in total. The van der Waals surface area contributed by atoms with E-state index in [1.54, 1.807) is 0 Å². The summed E-state index contributed by atoms with van der Waals surface area (Å²) in [7, 11) is 1.90. The molecule has 2 aromatic carbocycles. The summed E-state index contributed by atoms with van der Waals surface area (Å²) < 4.78 is 26.7. The van der Waals surface area contributed by atoms with E-state index in [-0.39, 0.29) is 12.4 Å². The lowest BCUT2D eigenvalue weighted by Crippen LogP contribution is -2.08. The van der Waals surface area contributed by atoms with Gasteiger partial charge in [-0.1, -0.05) is 12.1 Å². The van der Waals surface area contributed by atoms with Gasteiger partial charge in [0, 0.05) is 18.2 Å². The average molecular weight is 298 g/mol. The molecular weight excluding hydrogens is 280 g/mol. The number of aryl methyl sites for hydroxylation is 2. The molecule has 0 unspecified atom stereocenters. The lowest BCUT2D eigenvalue weighted by Gasteiger charge is -2.13. The third-order valence-electron chi connectivity index (χ3n) is 3.29. The van der Waals surface area contributed by atoms with Crippen LogP contribution in [0.15, 0.2) is 30.3 Å². The Labute approximate surface area is 124 Å². The fourth-order valence-corrected chi connectivity index (χ4v) is 2.33. The molecule has 0 bridgehead atoms. The second-order valence-electron chi connectivity index (χ2n) is 4.74. The van der Waals surface area contributed by atoms with Crippen molar-refractivity contribution in [3.05, 3.63) is 58.7 Å². The van der Waals surface area contributed by atoms with Crippen LogP contribution in [0.25, 0.3) is 11.1 Å². The molecule has 0 radical (unpaired) electrons. The van der Waals surface area contributed by atoms with Gasteiger partial charge in [-0.3, -0.25) is 0 Å². The quantitative estimate of drug-likeness (QED) is 0.886. The number of hydrogen-bond acceptors (Lipinski definition) is 1. The second-order valence-corrected chi connectivity index (χ2v) is 4.74. The van der Waals surface area contributed by atoms with Gasteiger partial charge in [0.1, 0.15) is 11.6 Å². The summed E-state index contributed by atoms with van der Waals surface area (Å²) in [5.41, 5.74) is 4.64. The highest BCUT2D eigenvalue weighted by Gasteiger charge is 2.10. The van der Waals surface area contributed by atoms with Crippen LogP contribution in [0.2, 0.25) is 0 Å². The molecule has 2 rings (SSSR count). The number of nitrogens with one attached hydrogen (secondary N) is 1. The van der Waals surface area contributed by atoms with Crippen molar-refractivity contribution in [3.8, 4) is 11.1 Å². The predicted octanol–water partition coefficient (Wildman–Crippen LogP) is 4.39. The molecule has 0 aliphatic carbocycles. The number of halogens is 3. The SMILES string of the molecule is CNCc1c(C)cc(-c2ccc(F)cc2F)cc1C.Cl. The molecule has 0 aliphatic rings. The molecular formula is C16H18ClF2N. The Morgan fingerprint density at radius 3 is 2.10 bits per heavy atom. The minimum atomic E-state index is -0.554. The summed E-state index contributed by atoms with van der Waals surface area (Å²) >= 11 is 0. The highest BCUT2D eigenvalue weighted by Crippen LogP contribution is 2.27. The van der Waals surface area contributed by atoms with Gasteiger partial charge >= 0.3 is 0 Å². The first-order valence-electron chi connectivity index (χ1n) is 6.23. The van der Waals surface area contributed by atoms with E-state index in [0.29, 0.717) is 5.56 Å². The van der Waals surface area contributed by atoms with Crippen molar-refractivity contribution < 1.29 is 8.78 Å². The van der Waals surface area contributed by atoms with Crippen molar-refractivity contribution in [1.29, 1.82) is 0 Å². The summed E-state index contributed by atoms with van der Waals surface area (Å²) in [6.07, 6.45) is 0. The summed E-state index contributed by atoms with van der Waals surface area (Å²) in [4.78, 5) is 0. The standard InChI is InChI=1S/C16H17F2N.ClH/c1-10-6-12(7-11(2)15(10)9-19-3)14-5-4-13(17)8-16(14)18;/h4-8,19H,9H2,1-3H3;1H. The van der Waals surface area contributed by atoms with Crippen molar-refractivity contribution >= 4 is 12.4 Å².